The number of nitrogens with zero attached hydrogens (tertiary/aromatic N) is 6. The van der Waals surface area contributed by atoms with Gasteiger partial charge in [-0.3, -0.25) is 4.79 Å². The van der Waals surface area contributed by atoms with Gasteiger partial charge < -0.3 is 4.90 Å². The number of amides is 1. The molecule has 0 bridgehead atoms. The molecule has 1 unspecified atom stereocenters. The van der Waals surface area contributed by atoms with E-state index in [4.69, 9.17) is 0 Å². The molecule has 0 radical (unpaired) electrons. The zero-order chi connectivity index (χ0) is 28.8. The van der Waals surface area contributed by atoms with Gasteiger partial charge in [-0.15, -0.1) is 5.10 Å². The third-order valence-electron chi connectivity index (χ3n) is 4.99. The summed E-state index contributed by atoms with van der Waals surface area (Å²) < 4.78 is 143. The molecule has 2 heterocycles. The lowest BCUT2D eigenvalue weighted by Crippen LogP contribution is -2.31. The molecule has 2 aromatic heterocycles. The number of rotatable bonds is 5. The number of hydrogen-bond acceptors (Lipinski definition) is 7. The van der Waals surface area contributed by atoms with Crippen molar-refractivity contribution >= 4 is 15.7 Å². The fraction of sp³-hybridized carbons (Fsp3) is 0.316. The van der Waals surface area contributed by atoms with Crippen LogP contribution in [0.3, 0.4) is 0 Å². The van der Waals surface area contributed by atoms with Crippen molar-refractivity contribution in [1.29, 1.82) is 0 Å². The van der Waals surface area contributed by atoms with Crippen molar-refractivity contribution in [3.05, 3.63) is 59.2 Å². The quantitative estimate of drug-likeness (QED) is 0.419. The first-order chi connectivity index (χ1) is 17.2. The molecule has 19 heteroatoms. The van der Waals surface area contributed by atoms with Crippen molar-refractivity contribution in [1.82, 2.24) is 29.6 Å². The van der Waals surface area contributed by atoms with E-state index in [1.54, 1.807) is 0 Å². The van der Waals surface area contributed by atoms with Crippen molar-refractivity contribution in [3.63, 3.8) is 0 Å². The lowest BCUT2D eigenvalue weighted by atomic mass is 10.0. The van der Waals surface area contributed by atoms with E-state index in [1.807, 2.05) is 0 Å². The van der Waals surface area contributed by atoms with Crippen LogP contribution in [-0.4, -0.2) is 56.5 Å². The molecular formula is C19H13F9N6O3S. The summed E-state index contributed by atoms with van der Waals surface area (Å²) in [6, 6.07) is -0.191. The highest BCUT2D eigenvalue weighted by molar-refractivity contribution is 7.92. The Labute approximate surface area is 206 Å². The molecule has 206 valence electrons. The summed E-state index contributed by atoms with van der Waals surface area (Å²) >= 11 is 0. The molecule has 0 saturated heterocycles. The first kappa shape index (κ1) is 28.8. The van der Waals surface area contributed by atoms with Gasteiger partial charge in [0.2, 0.25) is 0 Å². The number of benzene rings is 1. The van der Waals surface area contributed by atoms with E-state index >= 15 is 0 Å². The van der Waals surface area contributed by atoms with Crippen molar-refractivity contribution in [3.8, 4) is 5.95 Å². The number of sulfone groups is 1. The van der Waals surface area contributed by atoms with Gasteiger partial charge in [-0.2, -0.15) is 49.2 Å². The molecule has 1 amide bonds. The molecule has 0 fully saturated rings. The molecular weight excluding hydrogens is 563 g/mol. The summed E-state index contributed by atoms with van der Waals surface area (Å²) in [4.78, 5) is 23.9. The van der Waals surface area contributed by atoms with E-state index in [1.165, 1.54) is 6.07 Å². The first-order valence-corrected chi connectivity index (χ1v) is 11.4. The van der Waals surface area contributed by atoms with Gasteiger partial charge in [-0.25, -0.2) is 18.4 Å². The SMILES string of the molecule is CC(c1nc(S(=O)(=O)C(F)(F)F)n(-c2ncccn2)n1)N(C)C(=O)c1cc(C(F)(F)F)cc(C(F)(F)F)c1. The largest absolute Gasteiger partial charge is 0.505 e. The fourth-order valence-electron chi connectivity index (χ4n) is 2.93. The number of aromatic nitrogens is 5. The molecule has 1 atom stereocenters. The molecule has 0 spiro atoms. The van der Waals surface area contributed by atoms with Crippen LogP contribution in [0, 0.1) is 0 Å². The third kappa shape index (κ3) is 5.55. The maximum absolute atomic E-state index is 13.2. The summed E-state index contributed by atoms with van der Waals surface area (Å²) in [6.07, 6.45) is -8.42. The molecule has 0 saturated carbocycles. The molecule has 3 rings (SSSR count). The van der Waals surface area contributed by atoms with Crippen LogP contribution in [0.15, 0.2) is 41.8 Å². The Bertz CT molecular complexity index is 1420. The monoisotopic (exact) mass is 576 g/mol. The summed E-state index contributed by atoms with van der Waals surface area (Å²) in [5, 5.41) is 1.94. The maximum Gasteiger partial charge on any atom is 0.505 e. The predicted octanol–water partition coefficient (Wildman–Crippen LogP) is 4.22. The molecule has 0 aliphatic rings. The van der Waals surface area contributed by atoms with E-state index in [9.17, 15) is 52.7 Å². The van der Waals surface area contributed by atoms with Gasteiger partial charge in [0.05, 0.1) is 17.2 Å². The highest BCUT2D eigenvalue weighted by Gasteiger charge is 2.51. The third-order valence-corrected chi connectivity index (χ3v) is 6.34. The highest BCUT2D eigenvalue weighted by Crippen LogP contribution is 2.37. The van der Waals surface area contributed by atoms with Crippen LogP contribution in [0.4, 0.5) is 39.5 Å². The van der Waals surface area contributed by atoms with Gasteiger partial charge >= 0.3 is 27.7 Å². The summed E-state index contributed by atoms with van der Waals surface area (Å²) in [6.45, 7) is 1.05. The summed E-state index contributed by atoms with van der Waals surface area (Å²) in [5.74, 6) is -2.86. The Balaban J connectivity index is 2.10. The van der Waals surface area contributed by atoms with Crippen LogP contribution in [0.2, 0.25) is 0 Å². The molecule has 0 N–H and O–H groups in total. The van der Waals surface area contributed by atoms with Crippen LogP contribution in [0.5, 0.6) is 0 Å². The van der Waals surface area contributed by atoms with Crippen LogP contribution in [0.1, 0.15) is 40.3 Å². The van der Waals surface area contributed by atoms with E-state index in [0.29, 0.717) is 4.90 Å². The number of carbonyl (C=O) groups excluding carboxylic acids is 1. The molecule has 1 aromatic carbocycles. The van der Waals surface area contributed by atoms with Gasteiger partial charge in [0.15, 0.2) is 5.82 Å². The molecule has 38 heavy (non-hydrogen) atoms. The summed E-state index contributed by atoms with van der Waals surface area (Å²) in [5.41, 5.74) is -10.5. The lowest BCUT2D eigenvalue weighted by Gasteiger charge is -2.23. The second-order valence-corrected chi connectivity index (χ2v) is 9.38. The normalized spacial score (nSPS) is 13.9. The Kier molecular flexibility index (Phi) is 7.21. The smallest absolute Gasteiger partial charge is 0.332 e. The van der Waals surface area contributed by atoms with Gasteiger partial charge in [-0.1, -0.05) is 0 Å². The fourth-order valence-corrected chi connectivity index (χ4v) is 3.70. The van der Waals surface area contributed by atoms with Gasteiger partial charge in [0, 0.05) is 25.0 Å². The Morgan fingerprint density at radius 1 is 0.921 bits per heavy atom. The topological polar surface area (TPSA) is 111 Å². The molecule has 0 aliphatic carbocycles. The first-order valence-electron chi connectivity index (χ1n) is 9.87. The van der Waals surface area contributed by atoms with E-state index < -0.39 is 73.3 Å². The number of alkyl halides is 9. The van der Waals surface area contributed by atoms with Gasteiger partial charge in [-0.05, 0) is 31.2 Å². The Morgan fingerprint density at radius 2 is 1.42 bits per heavy atom. The average Bonchev–Trinajstić information content (AvgIpc) is 3.27. The maximum atomic E-state index is 13.2. The second kappa shape index (κ2) is 9.52. The minimum atomic E-state index is -6.15. The Morgan fingerprint density at radius 3 is 1.87 bits per heavy atom. The molecule has 0 aliphatic heterocycles. The minimum Gasteiger partial charge on any atom is -0.332 e. The highest BCUT2D eigenvalue weighted by atomic mass is 32.2. The predicted molar refractivity (Wildman–Crippen MR) is 107 cm³/mol. The van der Waals surface area contributed by atoms with E-state index in [2.05, 4.69) is 20.1 Å². The number of halogens is 9. The van der Waals surface area contributed by atoms with Crippen LogP contribution < -0.4 is 0 Å². The minimum absolute atomic E-state index is 0.124. The Hall–Kier alpha value is -3.77. The average molecular weight is 576 g/mol. The number of hydrogen-bond donors (Lipinski definition) is 0. The van der Waals surface area contributed by atoms with E-state index in [-0.39, 0.29) is 22.9 Å². The van der Waals surface area contributed by atoms with Crippen LogP contribution in [0.25, 0.3) is 5.95 Å². The van der Waals surface area contributed by atoms with Crippen molar-refractivity contribution < 1.29 is 52.7 Å². The second-order valence-electron chi connectivity index (χ2n) is 7.55. The van der Waals surface area contributed by atoms with Gasteiger partial charge in [0.25, 0.3) is 17.0 Å². The zero-order valence-corrected chi connectivity index (χ0v) is 19.6. The lowest BCUT2D eigenvalue weighted by molar-refractivity contribution is -0.143. The van der Waals surface area contributed by atoms with Crippen molar-refractivity contribution in [2.45, 2.75) is 36.0 Å². The van der Waals surface area contributed by atoms with Crippen molar-refractivity contribution in [2.75, 3.05) is 7.05 Å². The number of carbonyl (C=O) groups is 1. The van der Waals surface area contributed by atoms with Crippen LogP contribution >= 0.6 is 0 Å². The zero-order valence-electron chi connectivity index (χ0n) is 18.8. The standard InChI is InChI=1S/C19H13F9N6O3S/c1-9(33(2)14(35)10-6-11(17(20,21)22)8-12(7-10)18(23,24)25)13-31-16(38(36,37)19(26,27)28)34(32-13)15-29-4-3-5-30-15/h3-9H,1-2H3. The van der Waals surface area contributed by atoms with Crippen molar-refractivity contribution in [2.24, 2.45) is 0 Å². The summed E-state index contributed by atoms with van der Waals surface area (Å²) in [7, 11) is -5.27. The van der Waals surface area contributed by atoms with E-state index in [0.717, 1.165) is 26.4 Å². The van der Waals surface area contributed by atoms with Crippen LogP contribution in [-0.2, 0) is 22.2 Å². The van der Waals surface area contributed by atoms with Gasteiger partial charge in [0.1, 0.15) is 0 Å². The molecule has 9 nitrogen and oxygen atoms in total. The molecule has 3 aromatic rings.